The second kappa shape index (κ2) is 4.72. The molecule has 1 rings (SSSR count). The zero-order valence-electron chi connectivity index (χ0n) is 6.56. The SMILES string of the molecule is O=C(O)/C=C/CCc1cccs1. The first-order valence-corrected chi connectivity index (χ1v) is 4.59. The number of carboxylic acid groups (broad SMARTS) is 1. The van der Waals surface area contributed by atoms with Gasteiger partial charge in [-0.15, -0.1) is 11.3 Å². The largest absolute Gasteiger partial charge is 0.478 e. The van der Waals surface area contributed by atoms with Crippen LogP contribution in [0.15, 0.2) is 29.7 Å². The molecule has 0 saturated heterocycles. The number of carbonyl (C=O) groups is 1. The van der Waals surface area contributed by atoms with Crippen molar-refractivity contribution in [2.75, 3.05) is 0 Å². The van der Waals surface area contributed by atoms with Crippen LogP contribution in [0.25, 0.3) is 0 Å². The number of allylic oxidation sites excluding steroid dienone is 1. The lowest BCUT2D eigenvalue weighted by Gasteiger charge is -1.89. The minimum atomic E-state index is -0.874. The molecule has 1 N–H and O–H groups in total. The molecule has 0 amide bonds. The summed E-state index contributed by atoms with van der Waals surface area (Å²) in [4.78, 5) is 11.4. The van der Waals surface area contributed by atoms with Crippen molar-refractivity contribution in [3.05, 3.63) is 34.5 Å². The molecule has 1 heterocycles. The van der Waals surface area contributed by atoms with Gasteiger partial charge in [-0.05, 0) is 24.3 Å². The maximum Gasteiger partial charge on any atom is 0.327 e. The van der Waals surface area contributed by atoms with Crippen LogP contribution in [0.4, 0.5) is 0 Å². The van der Waals surface area contributed by atoms with Gasteiger partial charge in [0.05, 0.1) is 0 Å². The quantitative estimate of drug-likeness (QED) is 0.725. The van der Waals surface area contributed by atoms with E-state index in [4.69, 9.17) is 5.11 Å². The molecule has 0 saturated carbocycles. The normalized spacial score (nSPS) is 10.7. The van der Waals surface area contributed by atoms with Crippen molar-refractivity contribution < 1.29 is 9.90 Å². The number of hydrogen-bond acceptors (Lipinski definition) is 2. The highest BCUT2D eigenvalue weighted by molar-refractivity contribution is 7.09. The number of rotatable bonds is 4. The average Bonchev–Trinajstić information content (AvgIpc) is 2.49. The van der Waals surface area contributed by atoms with Gasteiger partial charge in [0.15, 0.2) is 0 Å². The molecule has 0 radical (unpaired) electrons. The Morgan fingerprint density at radius 1 is 1.67 bits per heavy atom. The van der Waals surface area contributed by atoms with Crippen LogP contribution < -0.4 is 0 Å². The molecule has 1 aromatic heterocycles. The molecule has 0 spiro atoms. The van der Waals surface area contributed by atoms with Gasteiger partial charge in [0, 0.05) is 11.0 Å². The summed E-state index contributed by atoms with van der Waals surface area (Å²) in [5, 5.41) is 10.3. The van der Waals surface area contributed by atoms with Crippen molar-refractivity contribution in [3.8, 4) is 0 Å². The van der Waals surface area contributed by atoms with Gasteiger partial charge in [-0.1, -0.05) is 12.1 Å². The average molecular weight is 182 g/mol. The van der Waals surface area contributed by atoms with Crippen molar-refractivity contribution in [1.29, 1.82) is 0 Å². The highest BCUT2D eigenvalue weighted by Crippen LogP contribution is 2.10. The number of aliphatic carboxylic acids is 1. The fourth-order valence-electron chi connectivity index (χ4n) is 0.865. The third-order valence-electron chi connectivity index (χ3n) is 1.40. The molecule has 0 aromatic carbocycles. The Hall–Kier alpha value is -1.09. The summed E-state index contributed by atoms with van der Waals surface area (Å²) < 4.78 is 0. The first kappa shape index (κ1) is 9.00. The highest BCUT2D eigenvalue weighted by Gasteiger charge is 1.91. The molecule has 0 bridgehead atoms. The van der Waals surface area contributed by atoms with Crippen molar-refractivity contribution >= 4 is 17.3 Å². The lowest BCUT2D eigenvalue weighted by atomic mass is 10.2. The molecular weight excluding hydrogens is 172 g/mol. The molecular formula is C9H10O2S. The van der Waals surface area contributed by atoms with E-state index in [-0.39, 0.29) is 0 Å². The van der Waals surface area contributed by atoms with E-state index >= 15 is 0 Å². The zero-order chi connectivity index (χ0) is 8.81. The van der Waals surface area contributed by atoms with Crippen LogP contribution in [0, 0.1) is 0 Å². The predicted octanol–water partition coefficient (Wildman–Crippen LogP) is 2.32. The topological polar surface area (TPSA) is 37.3 Å². The van der Waals surface area contributed by atoms with Crippen LogP contribution in [-0.4, -0.2) is 11.1 Å². The highest BCUT2D eigenvalue weighted by atomic mass is 32.1. The molecule has 3 heteroatoms. The number of hydrogen-bond donors (Lipinski definition) is 1. The van der Waals surface area contributed by atoms with E-state index in [9.17, 15) is 4.79 Å². The molecule has 0 aliphatic rings. The van der Waals surface area contributed by atoms with Crippen LogP contribution in [0.3, 0.4) is 0 Å². The summed E-state index contributed by atoms with van der Waals surface area (Å²) in [5.41, 5.74) is 0. The maximum absolute atomic E-state index is 10.1. The summed E-state index contributed by atoms with van der Waals surface area (Å²) in [6.45, 7) is 0. The van der Waals surface area contributed by atoms with E-state index in [2.05, 4.69) is 6.07 Å². The fourth-order valence-corrected chi connectivity index (χ4v) is 1.59. The molecule has 1 aromatic rings. The summed E-state index contributed by atoms with van der Waals surface area (Å²) in [6.07, 6.45) is 4.60. The van der Waals surface area contributed by atoms with Crippen molar-refractivity contribution in [2.45, 2.75) is 12.8 Å². The van der Waals surface area contributed by atoms with Crippen LogP contribution in [0.2, 0.25) is 0 Å². The van der Waals surface area contributed by atoms with Gasteiger partial charge in [0.25, 0.3) is 0 Å². The standard InChI is InChI=1S/C9H10O2S/c10-9(11)6-2-1-4-8-5-3-7-12-8/h2-3,5-7H,1,4H2,(H,10,11)/b6-2+. The van der Waals surface area contributed by atoms with E-state index in [1.807, 2.05) is 11.4 Å². The Labute approximate surface area is 75.2 Å². The van der Waals surface area contributed by atoms with E-state index < -0.39 is 5.97 Å². The van der Waals surface area contributed by atoms with Crippen molar-refractivity contribution in [3.63, 3.8) is 0 Å². The lowest BCUT2D eigenvalue weighted by molar-refractivity contribution is -0.131. The summed E-state index contributed by atoms with van der Waals surface area (Å²) in [7, 11) is 0. The third kappa shape index (κ3) is 3.34. The molecule has 0 unspecified atom stereocenters. The Bertz CT molecular complexity index is 262. The zero-order valence-corrected chi connectivity index (χ0v) is 7.38. The molecule has 2 nitrogen and oxygen atoms in total. The van der Waals surface area contributed by atoms with Gasteiger partial charge >= 0.3 is 5.97 Å². The van der Waals surface area contributed by atoms with Crippen LogP contribution >= 0.6 is 11.3 Å². The monoisotopic (exact) mass is 182 g/mol. The first-order valence-electron chi connectivity index (χ1n) is 3.71. The van der Waals surface area contributed by atoms with Gasteiger partial charge in [0.1, 0.15) is 0 Å². The van der Waals surface area contributed by atoms with E-state index in [1.165, 1.54) is 11.0 Å². The number of aryl methyl sites for hydroxylation is 1. The summed E-state index contributed by atoms with van der Waals surface area (Å²) >= 11 is 1.70. The molecule has 0 fully saturated rings. The Morgan fingerprint density at radius 3 is 3.08 bits per heavy atom. The van der Waals surface area contributed by atoms with Crippen LogP contribution in [0.1, 0.15) is 11.3 Å². The van der Waals surface area contributed by atoms with Crippen molar-refractivity contribution in [2.24, 2.45) is 0 Å². The first-order chi connectivity index (χ1) is 5.79. The Kier molecular flexibility index (Phi) is 3.54. The third-order valence-corrected chi connectivity index (χ3v) is 2.33. The molecule has 0 aliphatic heterocycles. The molecule has 0 aliphatic carbocycles. The maximum atomic E-state index is 10.1. The lowest BCUT2D eigenvalue weighted by Crippen LogP contribution is -1.86. The van der Waals surface area contributed by atoms with Crippen LogP contribution in [0.5, 0.6) is 0 Å². The predicted molar refractivity (Wildman–Crippen MR) is 49.4 cm³/mol. The number of carboxylic acids is 1. The van der Waals surface area contributed by atoms with Crippen molar-refractivity contribution in [1.82, 2.24) is 0 Å². The van der Waals surface area contributed by atoms with Gasteiger partial charge < -0.3 is 5.11 Å². The van der Waals surface area contributed by atoms with E-state index in [0.29, 0.717) is 0 Å². The smallest absolute Gasteiger partial charge is 0.327 e. The van der Waals surface area contributed by atoms with E-state index in [1.54, 1.807) is 17.4 Å². The Balaban J connectivity index is 2.23. The molecule has 0 atom stereocenters. The van der Waals surface area contributed by atoms with Gasteiger partial charge in [0.2, 0.25) is 0 Å². The summed E-state index contributed by atoms with van der Waals surface area (Å²) in [5.74, 6) is -0.874. The fraction of sp³-hybridized carbons (Fsp3) is 0.222. The Morgan fingerprint density at radius 2 is 2.50 bits per heavy atom. The molecule has 64 valence electrons. The number of thiophene rings is 1. The van der Waals surface area contributed by atoms with Gasteiger partial charge in [-0.25, -0.2) is 4.79 Å². The van der Waals surface area contributed by atoms with Gasteiger partial charge in [-0.2, -0.15) is 0 Å². The van der Waals surface area contributed by atoms with Gasteiger partial charge in [-0.3, -0.25) is 0 Å². The van der Waals surface area contributed by atoms with E-state index in [0.717, 1.165) is 12.8 Å². The second-order valence-corrected chi connectivity index (χ2v) is 3.39. The summed E-state index contributed by atoms with van der Waals surface area (Å²) in [6, 6.07) is 4.06. The van der Waals surface area contributed by atoms with Crippen LogP contribution in [-0.2, 0) is 11.2 Å². The minimum absolute atomic E-state index is 0.798. The second-order valence-electron chi connectivity index (χ2n) is 2.36. The minimum Gasteiger partial charge on any atom is -0.478 e. The molecule has 12 heavy (non-hydrogen) atoms.